The monoisotopic (exact) mass is 329 g/mol. The topological polar surface area (TPSA) is 61.0 Å². The quantitative estimate of drug-likeness (QED) is 0.552. The van der Waals surface area contributed by atoms with Crippen molar-refractivity contribution in [3.05, 3.63) is 72.4 Å². The van der Waals surface area contributed by atoms with Crippen molar-refractivity contribution in [3.8, 4) is 5.75 Å². The molecule has 4 nitrogen and oxygen atoms in total. The van der Waals surface area contributed by atoms with Gasteiger partial charge in [-0.3, -0.25) is 0 Å². The fourth-order valence-electron chi connectivity index (χ4n) is 3.10. The smallest absolute Gasteiger partial charge is 0.220 e. The van der Waals surface area contributed by atoms with Gasteiger partial charge in [0, 0.05) is 10.8 Å². The summed E-state index contributed by atoms with van der Waals surface area (Å²) in [7, 11) is 0. The second-order valence-corrected chi connectivity index (χ2v) is 5.97. The Balaban J connectivity index is 1.46. The molecule has 25 heavy (non-hydrogen) atoms. The molecule has 0 aliphatic heterocycles. The normalized spacial score (nSPS) is 11.0. The lowest BCUT2D eigenvalue weighted by Gasteiger charge is -2.10. The first-order valence-electron chi connectivity index (χ1n) is 8.43. The predicted octanol–water partition coefficient (Wildman–Crippen LogP) is 4.38. The number of aromatic nitrogens is 2. The van der Waals surface area contributed by atoms with E-state index in [0.717, 1.165) is 40.6 Å². The van der Waals surface area contributed by atoms with E-state index < -0.39 is 0 Å². The van der Waals surface area contributed by atoms with Crippen molar-refractivity contribution in [2.24, 2.45) is 0 Å². The first-order chi connectivity index (χ1) is 12.3. The molecule has 0 fully saturated rings. The van der Waals surface area contributed by atoms with E-state index in [-0.39, 0.29) is 0 Å². The third-order valence-corrected chi connectivity index (χ3v) is 4.26. The average molecular weight is 329 g/mol. The van der Waals surface area contributed by atoms with Crippen LogP contribution >= 0.6 is 0 Å². The number of nitrogens with zero attached hydrogens (tertiary/aromatic N) is 2. The molecule has 0 radical (unpaired) electrons. The highest BCUT2D eigenvalue weighted by Crippen LogP contribution is 2.25. The number of nitrogen functional groups attached to an aromatic ring is 1. The lowest BCUT2D eigenvalue weighted by Crippen LogP contribution is -2.04. The van der Waals surface area contributed by atoms with Crippen LogP contribution in [-0.2, 0) is 6.42 Å². The summed E-state index contributed by atoms with van der Waals surface area (Å²) in [5.41, 5.74) is 7.69. The molecular formula is C21H19N3O. The molecule has 0 amide bonds. The fourth-order valence-corrected chi connectivity index (χ4v) is 3.10. The number of anilines is 1. The summed E-state index contributed by atoms with van der Waals surface area (Å²) < 4.78 is 6.01. The lowest BCUT2D eigenvalue weighted by atomic mass is 10.1. The molecule has 1 heterocycles. The van der Waals surface area contributed by atoms with Gasteiger partial charge >= 0.3 is 0 Å². The number of benzene rings is 3. The minimum absolute atomic E-state index is 0.323. The van der Waals surface area contributed by atoms with Gasteiger partial charge in [0.1, 0.15) is 5.75 Å². The zero-order chi connectivity index (χ0) is 17.1. The summed E-state index contributed by atoms with van der Waals surface area (Å²) in [5.74, 6) is 1.24. The van der Waals surface area contributed by atoms with E-state index in [0.29, 0.717) is 12.6 Å². The fraction of sp³-hybridized carbons (Fsp3) is 0.143. The van der Waals surface area contributed by atoms with Gasteiger partial charge in [0.2, 0.25) is 5.95 Å². The molecule has 0 atom stereocenters. The maximum Gasteiger partial charge on any atom is 0.220 e. The molecule has 0 bridgehead atoms. The Morgan fingerprint density at radius 1 is 0.800 bits per heavy atom. The molecule has 1 aromatic heterocycles. The summed E-state index contributed by atoms with van der Waals surface area (Å²) in [5, 5.41) is 3.39. The van der Waals surface area contributed by atoms with Crippen molar-refractivity contribution in [1.82, 2.24) is 9.97 Å². The van der Waals surface area contributed by atoms with Gasteiger partial charge in [0.05, 0.1) is 17.8 Å². The number of hydrogen-bond acceptors (Lipinski definition) is 4. The zero-order valence-corrected chi connectivity index (χ0v) is 13.9. The van der Waals surface area contributed by atoms with Crippen LogP contribution in [0.5, 0.6) is 5.75 Å². The van der Waals surface area contributed by atoms with Gasteiger partial charge in [0.15, 0.2) is 0 Å². The SMILES string of the molecule is Nc1nc(CCCOc2cccc3ccccc23)c2ccccc2n1. The minimum atomic E-state index is 0.323. The molecule has 3 aromatic carbocycles. The van der Waals surface area contributed by atoms with Crippen LogP contribution in [0.3, 0.4) is 0 Å². The Hall–Kier alpha value is -3.14. The highest BCUT2D eigenvalue weighted by Gasteiger charge is 2.06. The first kappa shape index (κ1) is 15.4. The van der Waals surface area contributed by atoms with Gasteiger partial charge < -0.3 is 10.5 Å². The van der Waals surface area contributed by atoms with E-state index in [2.05, 4.69) is 28.2 Å². The van der Waals surface area contributed by atoms with Crippen LogP contribution in [0.4, 0.5) is 5.95 Å². The second kappa shape index (κ2) is 6.77. The zero-order valence-electron chi connectivity index (χ0n) is 13.9. The summed E-state index contributed by atoms with van der Waals surface area (Å²) in [6, 6.07) is 22.3. The molecule has 0 saturated carbocycles. The molecule has 4 rings (SSSR count). The van der Waals surface area contributed by atoms with Gasteiger partial charge in [-0.05, 0) is 30.4 Å². The van der Waals surface area contributed by atoms with Crippen molar-refractivity contribution in [2.45, 2.75) is 12.8 Å². The van der Waals surface area contributed by atoms with Crippen molar-refractivity contribution >= 4 is 27.6 Å². The number of nitrogens with two attached hydrogens (primary N) is 1. The van der Waals surface area contributed by atoms with Crippen LogP contribution in [0.1, 0.15) is 12.1 Å². The first-order valence-corrected chi connectivity index (χ1v) is 8.43. The van der Waals surface area contributed by atoms with E-state index in [1.165, 1.54) is 5.39 Å². The van der Waals surface area contributed by atoms with Crippen molar-refractivity contribution < 1.29 is 4.74 Å². The maximum absolute atomic E-state index is 6.01. The van der Waals surface area contributed by atoms with Gasteiger partial charge in [-0.1, -0.05) is 54.6 Å². The van der Waals surface area contributed by atoms with Crippen LogP contribution in [-0.4, -0.2) is 16.6 Å². The van der Waals surface area contributed by atoms with Crippen LogP contribution in [0.25, 0.3) is 21.7 Å². The molecule has 0 saturated heterocycles. The van der Waals surface area contributed by atoms with Crippen molar-refractivity contribution in [3.63, 3.8) is 0 Å². The largest absolute Gasteiger partial charge is 0.493 e. The summed E-state index contributed by atoms with van der Waals surface area (Å²) >= 11 is 0. The third-order valence-electron chi connectivity index (χ3n) is 4.26. The van der Waals surface area contributed by atoms with Crippen LogP contribution in [0.2, 0.25) is 0 Å². The number of fused-ring (bicyclic) bond motifs is 2. The lowest BCUT2D eigenvalue weighted by molar-refractivity contribution is 0.314. The van der Waals surface area contributed by atoms with Gasteiger partial charge in [-0.25, -0.2) is 9.97 Å². The van der Waals surface area contributed by atoms with Gasteiger partial charge in [0.25, 0.3) is 0 Å². The summed E-state index contributed by atoms with van der Waals surface area (Å²) in [6.07, 6.45) is 1.67. The number of hydrogen-bond donors (Lipinski definition) is 1. The van der Waals surface area contributed by atoms with Gasteiger partial charge in [-0.2, -0.15) is 0 Å². The highest BCUT2D eigenvalue weighted by molar-refractivity contribution is 5.88. The molecule has 4 heteroatoms. The molecular weight excluding hydrogens is 310 g/mol. The second-order valence-electron chi connectivity index (χ2n) is 5.97. The number of rotatable bonds is 5. The molecule has 0 aliphatic rings. The Bertz CT molecular complexity index is 1020. The molecule has 2 N–H and O–H groups in total. The Morgan fingerprint density at radius 2 is 1.56 bits per heavy atom. The van der Waals surface area contributed by atoms with Crippen molar-refractivity contribution in [1.29, 1.82) is 0 Å². The Kier molecular flexibility index (Phi) is 4.17. The third kappa shape index (κ3) is 3.24. The standard InChI is InChI=1S/C21H19N3O/c22-21-23-18-11-4-3-10-17(18)19(24-21)12-6-14-25-20-13-5-8-15-7-1-2-9-16(15)20/h1-5,7-11,13H,6,12,14H2,(H2,22,23,24). The summed E-state index contributed by atoms with van der Waals surface area (Å²) in [4.78, 5) is 8.69. The molecule has 0 spiro atoms. The van der Waals surface area contributed by atoms with Crippen LogP contribution in [0.15, 0.2) is 66.7 Å². The highest BCUT2D eigenvalue weighted by atomic mass is 16.5. The Morgan fingerprint density at radius 3 is 2.48 bits per heavy atom. The van der Waals surface area contributed by atoms with Gasteiger partial charge in [-0.15, -0.1) is 0 Å². The number of para-hydroxylation sites is 1. The van der Waals surface area contributed by atoms with E-state index in [4.69, 9.17) is 10.5 Å². The van der Waals surface area contributed by atoms with E-state index in [1.807, 2.05) is 48.5 Å². The molecule has 0 aliphatic carbocycles. The van der Waals surface area contributed by atoms with E-state index in [9.17, 15) is 0 Å². The van der Waals surface area contributed by atoms with Crippen LogP contribution in [0, 0.1) is 0 Å². The van der Waals surface area contributed by atoms with Crippen molar-refractivity contribution in [2.75, 3.05) is 12.3 Å². The molecule has 0 unspecified atom stereocenters. The molecule has 4 aromatic rings. The van der Waals surface area contributed by atoms with Crippen LogP contribution < -0.4 is 10.5 Å². The minimum Gasteiger partial charge on any atom is -0.493 e. The Labute approximate surface area is 146 Å². The number of aryl methyl sites for hydroxylation is 1. The van der Waals surface area contributed by atoms with E-state index in [1.54, 1.807) is 0 Å². The summed E-state index contributed by atoms with van der Waals surface area (Å²) in [6.45, 7) is 0.631. The number of ether oxygens (including phenoxy) is 1. The average Bonchev–Trinajstić information content (AvgIpc) is 2.65. The maximum atomic E-state index is 6.01. The molecule has 124 valence electrons. The van der Waals surface area contributed by atoms with E-state index >= 15 is 0 Å². The predicted molar refractivity (Wildman–Crippen MR) is 102 cm³/mol.